The zero-order valence-corrected chi connectivity index (χ0v) is 14.5. The lowest BCUT2D eigenvalue weighted by Gasteiger charge is -2.01. The quantitative estimate of drug-likeness (QED) is 0.513. The van der Waals surface area contributed by atoms with Crippen LogP contribution in [0.3, 0.4) is 0 Å². The number of pyridine rings is 1. The third-order valence-electron chi connectivity index (χ3n) is 4.10. The molecule has 4 aromatic rings. The van der Waals surface area contributed by atoms with Gasteiger partial charge in [0.2, 0.25) is 5.91 Å². The molecular weight excluding hydrogens is 362 g/mol. The number of nitrogens with zero attached hydrogens (tertiary/aromatic N) is 2. The SMILES string of the molecule is O=C(/C=C/c1ccnc2ccccc12)Nc1cc(-c2cc(F)cc(F)c2)[nH]n1. The Morgan fingerprint density at radius 1 is 1.04 bits per heavy atom. The van der Waals surface area contributed by atoms with Gasteiger partial charge in [0.15, 0.2) is 5.82 Å². The summed E-state index contributed by atoms with van der Waals surface area (Å²) < 4.78 is 26.7. The number of amides is 1. The molecule has 0 saturated carbocycles. The molecular formula is C21H14F2N4O. The van der Waals surface area contributed by atoms with E-state index in [9.17, 15) is 13.6 Å². The van der Waals surface area contributed by atoms with Crippen LogP contribution in [0.25, 0.3) is 28.2 Å². The van der Waals surface area contributed by atoms with Gasteiger partial charge in [-0.05, 0) is 35.9 Å². The Bertz CT molecular complexity index is 1170. The highest BCUT2D eigenvalue weighted by Gasteiger charge is 2.08. The number of anilines is 1. The molecule has 0 spiro atoms. The molecule has 0 unspecified atom stereocenters. The van der Waals surface area contributed by atoms with Gasteiger partial charge in [-0.2, -0.15) is 5.10 Å². The molecule has 0 aliphatic heterocycles. The maximum Gasteiger partial charge on any atom is 0.249 e. The second-order valence-electron chi connectivity index (χ2n) is 6.06. The molecule has 2 aromatic carbocycles. The third-order valence-corrected chi connectivity index (χ3v) is 4.10. The van der Waals surface area contributed by atoms with Crippen LogP contribution in [-0.2, 0) is 4.79 Å². The predicted octanol–water partition coefficient (Wildman–Crippen LogP) is 4.56. The highest BCUT2D eigenvalue weighted by molar-refractivity contribution is 6.03. The van der Waals surface area contributed by atoms with Gasteiger partial charge < -0.3 is 5.32 Å². The monoisotopic (exact) mass is 376 g/mol. The van der Waals surface area contributed by atoms with Crippen molar-refractivity contribution in [1.82, 2.24) is 15.2 Å². The summed E-state index contributed by atoms with van der Waals surface area (Å²) >= 11 is 0. The number of aromatic amines is 1. The fraction of sp³-hybridized carbons (Fsp3) is 0. The molecule has 28 heavy (non-hydrogen) atoms. The van der Waals surface area contributed by atoms with Crippen molar-refractivity contribution in [2.24, 2.45) is 0 Å². The Morgan fingerprint density at radius 2 is 1.82 bits per heavy atom. The van der Waals surface area contributed by atoms with Crippen LogP contribution in [0.4, 0.5) is 14.6 Å². The van der Waals surface area contributed by atoms with E-state index < -0.39 is 11.6 Å². The molecule has 2 heterocycles. The van der Waals surface area contributed by atoms with Crippen LogP contribution in [0.5, 0.6) is 0 Å². The number of carbonyl (C=O) groups excluding carboxylic acids is 1. The highest BCUT2D eigenvalue weighted by Crippen LogP contribution is 2.22. The maximum absolute atomic E-state index is 13.3. The van der Waals surface area contributed by atoms with Crippen LogP contribution in [-0.4, -0.2) is 21.1 Å². The Morgan fingerprint density at radius 3 is 2.64 bits per heavy atom. The molecule has 0 radical (unpaired) electrons. The molecule has 7 heteroatoms. The first-order valence-electron chi connectivity index (χ1n) is 8.43. The number of nitrogens with one attached hydrogen (secondary N) is 2. The minimum absolute atomic E-state index is 0.244. The average Bonchev–Trinajstić information content (AvgIpc) is 3.14. The Hall–Kier alpha value is -3.87. The topological polar surface area (TPSA) is 70.7 Å². The minimum atomic E-state index is -0.692. The van der Waals surface area contributed by atoms with E-state index in [-0.39, 0.29) is 11.7 Å². The summed E-state index contributed by atoms with van der Waals surface area (Å²) in [6, 6.07) is 14.1. The van der Waals surface area contributed by atoms with Crippen molar-refractivity contribution < 1.29 is 13.6 Å². The molecule has 0 bridgehead atoms. The van der Waals surface area contributed by atoms with Gasteiger partial charge in [0, 0.05) is 35.4 Å². The Balaban J connectivity index is 1.50. The smallest absolute Gasteiger partial charge is 0.249 e. The fourth-order valence-corrected chi connectivity index (χ4v) is 2.84. The van der Waals surface area contributed by atoms with Crippen molar-refractivity contribution in [2.75, 3.05) is 5.32 Å². The molecule has 0 saturated heterocycles. The first kappa shape index (κ1) is 17.5. The lowest BCUT2D eigenvalue weighted by atomic mass is 10.1. The van der Waals surface area contributed by atoms with E-state index in [4.69, 9.17) is 0 Å². The van der Waals surface area contributed by atoms with E-state index in [0.29, 0.717) is 11.3 Å². The second kappa shape index (κ2) is 7.40. The molecule has 0 fully saturated rings. The van der Waals surface area contributed by atoms with Gasteiger partial charge in [-0.15, -0.1) is 0 Å². The summed E-state index contributed by atoms with van der Waals surface area (Å²) in [6.45, 7) is 0. The first-order chi connectivity index (χ1) is 13.6. The average molecular weight is 376 g/mol. The van der Waals surface area contributed by atoms with Crippen LogP contribution < -0.4 is 5.32 Å². The number of fused-ring (bicyclic) bond motifs is 1. The molecule has 0 aliphatic carbocycles. The number of carbonyl (C=O) groups is 1. The van der Waals surface area contributed by atoms with Crippen molar-refractivity contribution in [3.63, 3.8) is 0 Å². The highest BCUT2D eigenvalue weighted by atomic mass is 19.1. The van der Waals surface area contributed by atoms with Gasteiger partial charge in [0.25, 0.3) is 0 Å². The zero-order valence-electron chi connectivity index (χ0n) is 14.5. The van der Waals surface area contributed by atoms with E-state index in [1.807, 2.05) is 30.3 Å². The van der Waals surface area contributed by atoms with Crippen LogP contribution in [0.2, 0.25) is 0 Å². The Kier molecular flexibility index (Phi) is 4.63. The lowest BCUT2D eigenvalue weighted by molar-refractivity contribution is -0.111. The summed E-state index contributed by atoms with van der Waals surface area (Å²) in [7, 11) is 0. The molecule has 2 aromatic heterocycles. The van der Waals surface area contributed by atoms with Gasteiger partial charge in [-0.1, -0.05) is 18.2 Å². The van der Waals surface area contributed by atoms with Gasteiger partial charge in [-0.3, -0.25) is 14.9 Å². The summed E-state index contributed by atoms with van der Waals surface area (Å²) in [6.07, 6.45) is 4.75. The van der Waals surface area contributed by atoms with Crippen molar-refractivity contribution in [2.45, 2.75) is 0 Å². The molecule has 4 rings (SSSR count). The number of hydrogen-bond donors (Lipinski definition) is 2. The van der Waals surface area contributed by atoms with E-state index in [1.165, 1.54) is 24.3 Å². The number of rotatable bonds is 4. The molecule has 0 atom stereocenters. The summed E-state index contributed by atoms with van der Waals surface area (Å²) in [5.41, 5.74) is 2.38. The second-order valence-corrected chi connectivity index (χ2v) is 6.06. The van der Waals surface area contributed by atoms with Crippen molar-refractivity contribution in [3.8, 4) is 11.3 Å². The molecule has 2 N–H and O–H groups in total. The standard InChI is InChI=1S/C21H14F2N4O/c22-15-9-14(10-16(23)11-15)19-12-20(27-26-19)25-21(28)6-5-13-7-8-24-18-4-2-1-3-17(13)18/h1-12H,(H2,25,26,27,28)/b6-5+. The van der Waals surface area contributed by atoms with E-state index in [0.717, 1.165) is 22.5 Å². The largest absolute Gasteiger partial charge is 0.306 e. The van der Waals surface area contributed by atoms with Gasteiger partial charge >= 0.3 is 0 Å². The number of benzene rings is 2. The van der Waals surface area contributed by atoms with Crippen LogP contribution >= 0.6 is 0 Å². The van der Waals surface area contributed by atoms with Crippen molar-refractivity contribution >= 4 is 28.7 Å². The van der Waals surface area contributed by atoms with E-state index in [2.05, 4.69) is 20.5 Å². The van der Waals surface area contributed by atoms with Crippen LogP contribution in [0.1, 0.15) is 5.56 Å². The summed E-state index contributed by atoms with van der Waals surface area (Å²) in [4.78, 5) is 16.5. The Labute approximate surface area is 158 Å². The normalized spacial score (nSPS) is 11.2. The number of halogens is 2. The molecule has 5 nitrogen and oxygen atoms in total. The molecule has 138 valence electrons. The number of H-pyrrole nitrogens is 1. The first-order valence-corrected chi connectivity index (χ1v) is 8.43. The third kappa shape index (κ3) is 3.78. The van der Waals surface area contributed by atoms with Crippen molar-refractivity contribution in [3.05, 3.63) is 84.1 Å². The number of aromatic nitrogens is 3. The molecule has 1 amide bonds. The summed E-state index contributed by atoms with van der Waals surface area (Å²) in [5.74, 6) is -1.52. The van der Waals surface area contributed by atoms with Gasteiger partial charge in [0.05, 0.1) is 11.2 Å². The lowest BCUT2D eigenvalue weighted by Crippen LogP contribution is -2.07. The van der Waals surface area contributed by atoms with E-state index in [1.54, 1.807) is 12.3 Å². The zero-order chi connectivity index (χ0) is 19.5. The fourth-order valence-electron chi connectivity index (χ4n) is 2.84. The molecule has 0 aliphatic rings. The minimum Gasteiger partial charge on any atom is -0.306 e. The van der Waals surface area contributed by atoms with E-state index >= 15 is 0 Å². The summed E-state index contributed by atoms with van der Waals surface area (Å²) in [5, 5.41) is 10.1. The van der Waals surface area contributed by atoms with Crippen LogP contribution in [0.15, 0.2) is 66.9 Å². The maximum atomic E-state index is 13.3. The number of para-hydroxylation sites is 1. The number of hydrogen-bond acceptors (Lipinski definition) is 3. The van der Waals surface area contributed by atoms with Crippen LogP contribution in [0, 0.1) is 11.6 Å². The van der Waals surface area contributed by atoms with Gasteiger partial charge in [-0.25, -0.2) is 8.78 Å². The van der Waals surface area contributed by atoms with Gasteiger partial charge in [0.1, 0.15) is 11.6 Å². The van der Waals surface area contributed by atoms with Crippen molar-refractivity contribution in [1.29, 1.82) is 0 Å². The predicted molar refractivity (Wildman–Crippen MR) is 103 cm³/mol.